The molecule has 0 saturated carbocycles. The largest absolute Gasteiger partial charge is 0.455 e. The molecular weight excluding hydrogens is 448 g/mol. The zero-order valence-electron chi connectivity index (χ0n) is 17.2. The van der Waals surface area contributed by atoms with E-state index in [9.17, 15) is 9.59 Å². The molecule has 0 amide bonds. The maximum Gasteiger partial charge on any atom is 0.348 e. The lowest BCUT2D eigenvalue weighted by Crippen LogP contribution is -2.16. The molecule has 32 heavy (non-hydrogen) atoms. The van der Waals surface area contributed by atoms with E-state index >= 15 is 0 Å². The fourth-order valence-corrected chi connectivity index (χ4v) is 4.65. The molecule has 0 aliphatic heterocycles. The van der Waals surface area contributed by atoms with Crippen LogP contribution in [0.25, 0.3) is 21.6 Å². The Morgan fingerprint density at radius 1 is 1.12 bits per heavy atom. The van der Waals surface area contributed by atoms with E-state index in [2.05, 4.69) is 10.1 Å². The third-order valence-electron chi connectivity index (χ3n) is 5.04. The summed E-state index contributed by atoms with van der Waals surface area (Å²) < 4.78 is 8.70. The molecule has 0 aliphatic rings. The number of hydrogen-bond acceptors (Lipinski definition) is 6. The van der Waals surface area contributed by atoms with Crippen molar-refractivity contribution < 1.29 is 9.53 Å². The zero-order chi connectivity index (χ0) is 22.4. The normalized spacial score (nSPS) is 11.3. The van der Waals surface area contributed by atoms with Crippen LogP contribution in [0.3, 0.4) is 0 Å². The van der Waals surface area contributed by atoms with Crippen LogP contribution in [0.15, 0.2) is 59.5 Å². The van der Waals surface area contributed by atoms with Crippen molar-refractivity contribution in [1.29, 1.82) is 0 Å². The minimum atomic E-state index is -0.473. The molecule has 0 N–H and O–H groups in total. The third-order valence-corrected chi connectivity index (χ3v) is 6.39. The average molecular weight is 465 g/mol. The van der Waals surface area contributed by atoms with Crippen molar-refractivity contribution in [2.75, 3.05) is 0 Å². The Balaban J connectivity index is 1.41. The maximum absolute atomic E-state index is 12.7. The Hall–Kier alpha value is -3.49. The van der Waals surface area contributed by atoms with Gasteiger partial charge in [-0.25, -0.2) is 14.5 Å². The van der Waals surface area contributed by atoms with Crippen LogP contribution in [0.4, 0.5) is 0 Å². The SMILES string of the molecule is Cc1ccn2c(=O)cc(COC(=O)c3cc4c(C)nn(-c5ccc(Cl)cc5)c4s3)nc2c1. The second kappa shape index (κ2) is 7.89. The van der Waals surface area contributed by atoms with Crippen molar-refractivity contribution in [3.05, 3.63) is 91.9 Å². The quantitative estimate of drug-likeness (QED) is 0.359. The van der Waals surface area contributed by atoms with E-state index in [1.54, 1.807) is 29.1 Å². The second-order valence-corrected chi connectivity index (χ2v) is 8.86. The first-order valence-electron chi connectivity index (χ1n) is 9.80. The molecule has 4 aromatic heterocycles. The average Bonchev–Trinajstić information content (AvgIpc) is 3.33. The van der Waals surface area contributed by atoms with Crippen LogP contribution in [-0.4, -0.2) is 25.1 Å². The Morgan fingerprint density at radius 3 is 2.69 bits per heavy atom. The highest BCUT2D eigenvalue weighted by Gasteiger charge is 2.18. The number of aromatic nitrogens is 4. The summed E-state index contributed by atoms with van der Waals surface area (Å²) in [4.78, 5) is 30.8. The van der Waals surface area contributed by atoms with Crippen molar-refractivity contribution in [2.45, 2.75) is 20.5 Å². The molecule has 5 rings (SSSR count). The summed E-state index contributed by atoms with van der Waals surface area (Å²) in [6.07, 6.45) is 1.68. The maximum atomic E-state index is 12.7. The predicted octanol–water partition coefficient (Wildman–Crippen LogP) is 4.72. The number of esters is 1. The number of hydrogen-bond donors (Lipinski definition) is 0. The van der Waals surface area contributed by atoms with Gasteiger partial charge >= 0.3 is 5.97 Å². The molecule has 0 radical (unpaired) electrons. The molecule has 0 bridgehead atoms. The first kappa shape index (κ1) is 20.4. The number of rotatable bonds is 4. The minimum absolute atomic E-state index is 0.0882. The number of carbonyl (C=O) groups excluding carboxylic acids is 1. The number of halogens is 1. The Labute approximate surface area is 191 Å². The first-order chi connectivity index (χ1) is 15.4. The van der Waals surface area contributed by atoms with Crippen molar-refractivity contribution in [2.24, 2.45) is 0 Å². The highest BCUT2D eigenvalue weighted by molar-refractivity contribution is 7.20. The molecule has 4 heterocycles. The molecule has 5 aromatic rings. The molecule has 0 unspecified atom stereocenters. The molecule has 1 aromatic carbocycles. The van der Waals surface area contributed by atoms with Gasteiger partial charge in [0.05, 0.1) is 17.1 Å². The van der Waals surface area contributed by atoms with Crippen LogP contribution in [0, 0.1) is 13.8 Å². The number of thiophene rings is 1. The summed E-state index contributed by atoms with van der Waals surface area (Å²) >= 11 is 7.29. The van der Waals surface area contributed by atoms with Gasteiger partial charge in [-0.3, -0.25) is 9.20 Å². The molecule has 160 valence electrons. The van der Waals surface area contributed by atoms with Gasteiger partial charge in [0.25, 0.3) is 5.56 Å². The van der Waals surface area contributed by atoms with E-state index in [0.717, 1.165) is 27.2 Å². The van der Waals surface area contributed by atoms with Crippen LogP contribution in [0.1, 0.15) is 26.6 Å². The smallest absolute Gasteiger partial charge is 0.348 e. The zero-order valence-corrected chi connectivity index (χ0v) is 18.8. The molecular formula is C23H17ClN4O3S. The minimum Gasteiger partial charge on any atom is -0.455 e. The van der Waals surface area contributed by atoms with Gasteiger partial charge in [-0.15, -0.1) is 11.3 Å². The van der Waals surface area contributed by atoms with Crippen molar-refractivity contribution in [1.82, 2.24) is 19.2 Å². The van der Waals surface area contributed by atoms with Gasteiger partial charge in [-0.1, -0.05) is 11.6 Å². The monoisotopic (exact) mass is 464 g/mol. The van der Waals surface area contributed by atoms with E-state index in [0.29, 0.717) is 21.2 Å². The summed E-state index contributed by atoms with van der Waals surface area (Å²) in [5.41, 5.74) is 3.35. The van der Waals surface area contributed by atoms with E-state index in [4.69, 9.17) is 16.3 Å². The van der Waals surface area contributed by atoms with Crippen LogP contribution in [0.5, 0.6) is 0 Å². The van der Waals surface area contributed by atoms with E-state index in [1.807, 2.05) is 38.1 Å². The standard InChI is InChI=1S/C23H17ClN4O3S/c1-13-7-8-27-20(9-13)25-16(10-21(27)29)12-31-23(30)19-11-18-14(2)26-28(22(18)32-19)17-5-3-15(24)4-6-17/h3-11H,12H2,1-2H3. The number of aryl methyl sites for hydroxylation is 2. The molecule has 0 spiro atoms. The van der Waals surface area contributed by atoms with E-state index < -0.39 is 5.97 Å². The van der Waals surface area contributed by atoms with Gasteiger partial charge in [0.15, 0.2) is 0 Å². The topological polar surface area (TPSA) is 78.5 Å². The Morgan fingerprint density at radius 2 is 1.91 bits per heavy atom. The van der Waals surface area contributed by atoms with Gasteiger partial charge in [0.1, 0.15) is 22.0 Å². The van der Waals surface area contributed by atoms with Gasteiger partial charge in [-0.2, -0.15) is 5.10 Å². The van der Waals surface area contributed by atoms with Crippen LogP contribution < -0.4 is 5.56 Å². The lowest BCUT2D eigenvalue weighted by Gasteiger charge is -2.06. The van der Waals surface area contributed by atoms with Crippen LogP contribution in [-0.2, 0) is 11.3 Å². The lowest BCUT2D eigenvalue weighted by atomic mass is 10.3. The van der Waals surface area contributed by atoms with E-state index in [-0.39, 0.29) is 12.2 Å². The predicted molar refractivity (Wildman–Crippen MR) is 124 cm³/mol. The van der Waals surface area contributed by atoms with E-state index in [1.165, 1.54) is 21.8 Å². The molecule has 0 saturated heterocycles. The summed E-state index contributed by atoms with van der Waals surface area (Å²) in [6, 6.07) is 14.1. The lowest BCUT2D eigenvalue weighted by molar-refractivity contribution is 0.0473. The third kappa shape index (κ3) is 3.68. The highest BCUT2D eigenvalue weighted by atomic mass is 35.5. The van der Waals surface area contributed by atoms with Gasteiger partial charge in [-0.05, 0) is 61.9 Å². The van der Waals surface area contributed by atoms with Crippen molar-refractivity contribution >= 4 is 44.8 Å². The summed E-state index contributed by atoms with van der Waals surface area (Å²) in [5.74, 6) is -0.473. The van der Waals surface area contributed by atoms with Crippen molar-refractivity contribution in [3.63, 3.8) is 0 Å². The van der Waals surface area contributed by atoms with Gasteiger partial charge < -0.3 is 4.74 Å². The van der Waals surface area contributed by atoms with Gasteiger partial charge in [0, 0.05) is 22.7 Å². The molecule has 0 fully saturated rings. The Bertz CT molecular complexity index is 1550. The number of nitrogens with zero attached hydrogens (tertiary/aromatic N) is 4. The molecule has 7 nitrogen and oxygen atoms in total. The fraction of sp³-hybridized carbons (Fsp3) is 0.130. The number of ether oxygens (including phenoxy) is 1. The number of carbonyl (C=O) groups is 1. The first-order valence-corrected chi connectivity index (χ1v) is 11.0. The number of benzene rings is 1. The van der Waals surface area contributed by atoms with Crippen LogP contribution in [0.2, 0.25) is 5.02 Å². The molecule has 0 atom stereocenters. The Kier molecular flexibility index (Phi) is 5.03. The van der Waals surface area contributed by atoms with Gasteiger partial charge in [0.2, 0.25) is 0 Å². The molecule has 9 heteroatoms. The second-order valence-electron chi connectivity index (χ2n) is 7.40. The summed E-state index contributed by atoms with van der Waals surface area (Å²) in [6.45, 7) is 3.73. The summed E-state index contributed by atoms with van der Waals surface area (Å²) in [7, 11) is 0. The number of fused-ring (bicyclic) bond motifs is 2. The van der Waals surface area contributed by atoms with Crippen LogP contribution >= 0.6 is 22.9 Å². The highest BCUT2D eigenvalue weighted by Crippen LogP contribution is 2.31. The van der Waals surface area contributed by atoms with Crippen molar-refractivity contribution in [3.8, 4) is 5.69 Å². The number of pyridine rings is 1. The fourth-order valence-electron chi connectivity index (χ4n) is 3.44. The molecule has 0 aliphatic carbocycles. The summed E-state index contributed by atoms with van der Waals surface area (Å²) in [5, 5.41) is 6.10.